The van der Waals surface area contributed by atoms with Crippen molar-refractivity contribution < 1.29 is 9.90 Å². The molecule has 0 aliphatic rings. The molecule has 0 aromatic carbocycles. The smallest absolute Gasteiger partial charge is 0.304 e. The Kier molecular flexibility index (Phi) is 12.2. The Bertz CT molecular complexity index is 103. The normalized spacial score (nSPS) is 9.08. The third kappa shape index (κ3) is 16.2. The molecule has 0 bridgehead atoms. The minimum atomic E-state index is -0.740. The molecule has 2 N–H and O–H groups in total. The number of hydrogen-bond donors (Lipinski definition) is 2. The summed E-state index contributed by atoms with van der Waals surface area (Å²) in [6.45, 7) is 9.66. The summed E-state index contributed by atoms with van der Waals surface area (Å²) in [6.07, 6.45) is 0.215. The summed E-state index contributed by atoms with van der Waals surface area (Å²) >= 11 is 0. The van der Waals surface area contributed by atoms with Crippen LogP contribution in [0, 0.1) is 5.92 Å². The van der Waals surface area contributed by atoms with E-state index < -0.39 is 5.97 Å². The standard InChI is InChI=1S/C7H15NO2.C2H6/c1-6(2)5-8-4-3-7(9)10;1-2/h6,8H,3-5H2,1-2H3,(H,9,10);1-2H3. The Labute approximate surface area is 75.2 Å². The second kappa shape index (κ2) is 10.4. The number of carboxylic acid groups (broad SMARTS) is 1. The molecule has 0 unspecified atom stereocenters. The Morgan fingerprint density at radius 1 is 1.42 bits per heavy atom. The quantitative estimate of drug-likeness (QED) is 0.626. The minimum Gasteiger partial charge on any atom is -0.481 e. The molecule has 0 saturated carbocycles. The average molecular weight is 175 g/mol. The molecule has 3 nitrogen and oxygen atoms in total. The first-order chi connectivity index (χ1) is 5.63. The van der Waals surface area contributed by atoms with Gasteiger partial charge in [0.05, 0.1) is 6.42 Å². The number of hydrogen-bond acceptors (Lipinski definition) is 2. The first-order valence-corrected chi connectivity index (χ1v) is 4.55. The zero-order valence-electron chi connectivity index (χ0n) is 8.55. The van der Waals surface area contributed by atoms with E-state index in [2.05, 4.69) is 19.2 Å². The molecule has 0 radical (unpaired) electrons. The van der Waals surface area contributed by atoms with E-state index >= 15 is 0 Å². The lowest BCUT2D eigenvalue weighted by molar-refractivity contribution is -0.136. The third-order valence-electron chi connectivity index (χ3n) is 1.07. The summed E-state index contributed by atoms with van der Waals surface area (Å²) in [7, 11) is 0. The molecular formula is C9H21NO2. The van der Waals surface area contributed by atoms with Gasteiger partial charge in [0, 0.05) is 6.54 Å². The van der Waals surface area contributed by atoms with Crippen molar-refractivity contribution in [2.45, 2.75) is 34.1 Å². The highest BCUT2D eigenvalue weighted by Crippen LogP contribution is 1.86. The van der Waals surface area contributed by atoms with Gasteiger partial charge >= 0.3 is 5.97 Å². The van der Waals surface area contributed by atoms with E-state index in [0.717, 1.165) is 6.54 Å². The van der Waals surface area contributed by atoms with E-state index in [1.54, 1.807) is 0 Å². The molecule has 0 fully saturated rings. The Morgan fingerprint density at radius 3 is 2.25 bits per heavy atom. The van der Waals surface area contributed by atoms with E-state index in [1.807, 2.05) is 13.8 Å². The monoisotopic (exact) mass is 175 g/mol. The van der Waals surface area contributed by atoms with Gasteiger partial charge in [-0.2, -0.15) is 0 Å². The summed E-state index contributed by atoms with van der Waals surface area (Å²) in [5.41, 5.74) is 0. The van der Waals surface area contributed by atoms with E-state index in [4.69, 9.17) is 5.11 Å². The van der Waals surface area contributed by atoms with Crippen LogP contribution in [0.4, 0.5) is 0 Å². The largest absolute Gasteiger partial charge is 0.481 e. The van der Waals surface area contributed by atoms with Gasteiger partial charge in [0.2, 0.25) is 0 Å². The van der Waals surface area contributed by atoms with Crippen LogP contribution in [0.5, 0.6) is 0 Å². The van der Waals surface area contributed by atoms with Gasteiger partial charge in [-0.25, -0.2) is 0 Å². The van der Waals surface area contributed by atoms with Crippen LogP contribution in [0.1, 0.15) is 34.1 Å². The SMILES string of the molecule is CC.CC(C)CNCCC(=O)O. The van der Waals surface area contributed by atoms with Gasteiger partial charge in [0.25, 0.3) is 0 Å². The number of carbonyl (C=O) groups is 1. The highest BCUT2D eigenvalue weighted by Gasteiger charge is 1.96. The van der Waals surface area contributed by atoms with E-state index in [9.17, 15) is 4.79 Å². The molecule has 0 atom stereocenters. The summed E-state index contributed by atoms with van der Waals surface area (Å²) in [5.74, 6) is -0.148. The minimum absolute atomic E-state index is 0.215. The van der Waals surface area contributed by atoms with Crippen molar-refractivity contribution in [3.63, 3.8) is 0 Å². The van der Waals surface area contributed by atoms with Crippen LogP contribution in [0.3, 0.4) is 0 Å². The third-order valence-corrected chi connectivity index (χ3v) is 1.07. The van der Waals surface area contributed by atoms with Crippen molar-refractivity contribution in [3.8, 4) is 0 Å². The van der Waals surface area contributed by atoms with Crippen LogP contribution in [0.25, 0.3) is 0 Å². The molecule has 12 heavy (non-hydrogen) atoms. The lowest BCUT2D eigenvalue weighted by Gasteiger charge is -2.04. The summed E-state index contributed by atoms with van der Waals surface area (Å²) in [4.78, 5) is 10.0. The number of carboxylic acids is 1. The number of nitrogens with one attached hydrogen (secondary N) is 1. The van der Waals surface area contributed by atoms with Crippen LogP contribution < -0.4 is 5.32 Å². The maximum absolute atomic E-state index is 10.0. The number of aliphatic carboxylic acids is 1. The second-order valence-electron chi connectivity index (χ2n) is 2.74. The van der Waals surface area contributed by atoms with Crippen LogP contribution in [0.15, 0.2) is 0 Å². The van der Waals surface area contributed by atoms with Crippen LogP contribution in [0.2, 0.25) is 0 Å². The molecule has 0 heterocycles. The van der Waals surface area contributed by atoms with Crippen molar-refractivity contribution in [1.82, 2.24) is 5.32 Å². The maximum atomic E-state index is 10.0. The molecule has 0 amide bonds. The Morgan fingerprint density at radius 2 is 1.92 bits per heavy atom. The van der Waals surface area contributed by atoms with Gasteiger partial charge in [-0.1, -0.05) is 27.7 Å². The molecular weight excluding hydrogens is 154 g/mol. The molecule has 0 aliphatic carbocycles. The van der Waals surface area contributed by atoms with Crippen molar-refractivity contribution in [3.05, 3.63) is 0 Å². The van der Waals surface area contributed by atoms with Gasteiger partial charge in [0.1, 0.15) is 0 Å². The zero-order chi connectivity index (χ0) is 9.98. The van der Waals surface area contributed by atoms with E-state index in [1.165, 1.54) is 0 Å². The lowest BCUT2D eigenvalue weighted by Crippen LogP contribution is -2.22. The van der Waals surface area contributed by atoms with Crippen molar-refractivity contribution >= 4 is 5.97 Å². The second-order valence-corrected chi connectivity index (χ2v) is 2.74. The van der Waals surface area contributed by atoms with Crippen molar-refractivity contribution in [2.24, 2.45) is 5.92 Å². The summed E-state index contributed by atoms with van der Waals surface area (Å²) in [6, 6.07) is 0. The molecule has 3 heteroatoms. The fourth-order valence-electron chi connectivity index (χ4n) is 0.586. The van der Waals surface area contributed by atoms with Gasteiger partial charge in [-0.3, -0.25) is 4.79 Å². The fourth-order valence-corrected chi connectivity index (χ4v) is 0.586. The van der Waals surface area contributed by atoms with Gasteiger partial charge in [0.15, 0.2) is 0 Å². The predicted molar refractivity (Wildman–Crippen MR) is 51.3 cm³/mol. The highest BCUT2D eigenvalue weighted by atomic mass is 16.4. The van der Waals surface area contributed by atoms with Gasteiger partial charge in [-0.15, -0.1) is 0 Å². The maximum Gasteiger partial charge on any atom is 0.304 e. The zero-order valence-corrected chi connectivity index (χ0v) is 8.55. The van der Waals surface area contributed by atoms with E-state index in [0.29, 0.717) is 12.5 Å². The highest BCUT2D eigenvalue weighted by molar-refractivity contribution is 5.66. The molecule has 0 aromatic rings. The molecule has 0 rings (SSSR count). The van der Waals surface area contributed by atoms with Crippen LogP contribution >= 0.6 is 0 Å². The van der Waals surface area contributed by atoms with Crippen LogP contribution in [-0.2, 0) is 4.79 Å². The Hall–Kier alpha value is -0.570. The summed E-state index contributed by atoms with van der Waals surface area (Å²) < 4.78 is 0. The topological polar surface area (TPSA) is 49.3 Å². The van der Waals surface area contributed by atoms with Gasteiger partial charge in [-0.05, 0) is 12.5 Å². The molecule has 0 saturated heterocycles. The first-order valence-electron chi connectivity index (χ1n) is 4.55. The van der Waals surface area contributed by atoms with Crippen LogP contribution in [-0.4, -0.2) is 24.2 Å². The fraction of sp³-hybridized carbons (Fsp3) is 0.889. The predicted octanol–water partition coefficient (Wildman–Crippen LogP) is 1.73. The molecule has 74 valence electrons. The molecule has 0 aromatic heterocycles. The summed E-state index contributed by atoms with van der Waals surface area (Å²) in [5, 5.41) is 11.3. The van der Waals surface area contributed by atoms with E-state index in [-0.39, 0.29) is 6.42 Å². The van der Waals surface area contributed by atoms with Crippen molar-refractivity contribution in [2.75, 3.05) is 13.1 Å². The van der Waals surface area contributed by atoms with Gasteiger partial charge < -0.3 is 10.4 Å². The molecule has 0 aliphatic heterocycles. The number of rotatable bonds is 5. The first kappa shape index (κ1) is 14.0. The molecule has 0 spiro atoms. The lowest BCUT2D eigenvalue weighted by atomic mass is 10.2. The Balaban J connectivity index is 0. The average Bonchev–Trinajstić information content (AvgIpc) is 2.02. The van der Waals surface area contributed by atoms with Crippen molar-refractivity contribution in [1.29, 1.82) is 0 Å².